The van der Waals surface area contributed by atoms with Crippen LogP contribution < -0.4 is 0 Å². The van der Waals surface area contributed by atoms with E-state index in [1.165, 1.54) is 6.07 Å². The summed E-state index contributed by atoms with van der Waals surface area (Å²) in [5.41, 5.74) is 0.207. The fourth-order valence-electron chi connectivity index (χ4n) is 1.59. The summed E-state index contributed by atoms with van der Waals surface area (Å²) in [7, 11) is 0. The molecular weight excluding hydrogens is 214 g/mol. The number of carbonyl (C=O) groups excluding carboxylic acids is 1. The van der Waals surface area contributed by atoms with Crippen LogP contribution in [0.25, 0.3) is 0 Å². The van der Waals surface area contributed by atoms with Gasteiger partial charge in [-0.15, -0.1) is 6.58 Å². The Hall–Kier alpha value is -1.77. The van der Waals surface area contributed by atoms with E-state index in [4.69, 9.17) is 0 Å². The minimum Gasteiger partial charge on any atom is -0.508 e. The SMILES string of the molecule is C=CCN(C(=O)c1cccc(O)c1)C(C)(C)C. The van der Waals surface area contributed by atoms with E-state index in [0.29, 0.717) is 12.1 Å². The van der Waals surface area contributed by atoms with E-state index in [2.05, 4.69) is 6.58 Å². The second-order valence-electron chi connectivity index (χ2n) is 4.93. The van der Waals surface area contributed by atoms with Gasteiger partial charge in [0.25, 0.3) is 5.91 Å². The average molecular weight is 233 g/mol. The Morgan fingerprint density at radius 1 is 1.47 bits per heavy atom. The van der Waals surface area contributed by atoms with Crippen molar-refractivity contribution >= 4 is 5.91 Å². The number of amides is 1. The van der Waals surface area contributed by atoms with Crippen molar-refractivity contribution in [1.82, 2.24) is 4.90 Å². The number of hydrogen-bond acceptors (Lipinski definition) is 2. The quantitative estimate of drug-likeness (QED) is 0.815. The number of phenols is 1. The van der Waals surface area contributed by atoms with Crippen molar-refractivity contribution in [3.8, 4) is 5.75 Å². The molecule has 0 saturated carbocycles. The molecule has 0 aliphatic rings. The van der Waals surface area contributed by atoms with Gasteiger partial charge in [-0.2, -0.15) is 0 Å². The zero-order valence-corrected chi connectivity index (χ0v) is 10.6. The number of nitrogens with zero attached hydrogens (tertiary/aromatic N) is 1. The molecule has 0 atom stereocenters. The molecule has 1 amide bonds. The van der Waals surface area contributed by atoms with Crippen LogP contribution in [0.4, 0.5) is 0 Å². The maximum Gasteiger partial charge on any atom is 0.254 e. The van der Waals surface area contributed by atoms with Crippen LogP contribution >= 0.6 is 0 Å². The third kappa shape index (κ3) is 3.34. The second kappa shape index (κ2) is 5.04. The maximum absolute atomic E-state index is 12.3. The first-order valence-electron chi connectivity index (χ1n) is 5.58. The van der Waals surface area contributed by atoms with Crippen molar-refractivity contribution in [1.29, 1.82) is 0 Å². The van der Waals surface area contributed by atoms with Gasteiger partial charge in [0, 0.05) is 17.6 Å². The Labute approximate surface area is 102 Å². The van der Waals surface area contributed by atoms with Crippen molar-refractivity contribution in [2.45, 2.75) is 26.3 Å². The van der Waals surface area contributed by atoms with Gasteiger partial charge in [-0.3, -0.25) is 4.79 Å². The minimum atomic E-state index is -0.281. The first-order chi connectivity index (χ1) is 7.86. The van der Waals surface area contributed by atoms with Crippen LogP contribution in [0.5, 0.6) is 5.75 Å². The molecule has 0 aromatic heterocycles. The average Bonchev–Trinajstić information content (AvgIpc) is 2.23. The predicted molar refractivity (Wildman–Crippen MR) is 69.1 cm³/mol. The van der Waals surface area contributed by atoms with Gasteiger partial charge >= 0.3 is 0 Å². The third-order valence-corrected chi connectivity index (χ3v) is 2.46. The van der Waals surface area contributed by atoms with Crippen molar-refractivity contribution in [3.05, 3.63) is 42.5 Å². The van der Waals surface area contributed by atoms with Gasteiger partial charge in [-0.1, -0.05) is 12.1 Å². The number of rotatable bonds is 3. The Bertz CT molecular complexity index is 418. The molecule has 0 radical (unpaired) electrons. The molecular formula is C14H19NO2. The van der Waals surface area contributed by atoms with E-state index in [0.717, 1.165) is 0 Å². The molecule has 0 saturated heterocycles. The summed E-state index contributed by atoms with van der Waals surface area (Å²) in [6.45, 7) is 10.1. The highest BCUT2D eigenvalue weighted by molar-refractivity contribution is 5.95. The molecule has 3 heteroatoms. The maximum atomic E-state index is 12.3. The fraction of sp³-hybridized carbons (Fsp3) is 0.357. The minimum absolute atomic E-state index is 0.100. The highest BCUT2D eigenvalue weighted by Crippen LogP contribution is 2.19. The van der Waals surface area contributed by atoms with Crippen molar-refractivity contribution < 1.29 is 9.90 Å². The van der Waals surface area contributed by atoms with E-state index < -0.39 is 0 Å². The van der Waals surface area contributed by atoms with Crippen LogP contribution in [-0.2, 0) is 0 Å². The zero-order chi connectivity index (χ0) is 13.1. The van der Waals surface area contributed by atoms with Crippen molar-refractivity contribution in [3.63, 3.8) is 0 Å². The van der Waals surface area contributed by atoms with Gasteiger partial charge in [0.05, 0.1) is 0 Å². The highest BCUT2D eigenvalue weighted by atomic mass is 16.3. The number of aromatic hydroxyl groups is 1. The monoisotopic (exact) mass is 233 g/mol. The molecule has 0 bridgehead atoms. The van der Waals surface area contributed by atoms with Gasteiger partial charge in [0.2, 0.25) is 0 Å². The van der Waals surface area contributed by atoms with Gasteiger partial charge in [-0.05, 0) is 39.0 Å². The molecule has 1 aromatic carbocycles. The molecule has 1 rings (SSSR count). The lowest BCUT2D eigenvalue weighted by Crippen LogP contribution is -2.45. The number of hydrogen-bond donors (Lipinski definition) is 1. The topological polar surface area (TPSA) is 40.5 Å². The highest BCUT2D eigenvalue weighted by Gasteiger charge is 2.26. The Balaban J connectivity index is 3.04. The summed E-state index contributed by atoms with van der Waals surface area (Å²) in [5, 5.41) is 9.39. The second-order valence-corrected chi connectivity index (χ2v) is 4.93. The smallest absolute Gasteiger partial charge is 0.254 e. The van der Waals surface area contributed by atoms with Crippen LogP contribution in [0, 0.1) is 0 Å². The van der Waals surface area contributed by atoms with Crippen molar-refractivity contribution in [2.24, 2.45) is 0 Å². The lowest BCUT2D eigenvalue weighted by atomic mass is 10.0. The van der Waals surface area contributed by atoms with Crippen molar-refractivity contribution in [2.75, 3.05) is 6.54 Å². The van der Waals surface area contributed by atoms with E-state index >= 15 is 0 Å². The predicted octanol–water partition coefficient (Wildman–Crippen LogP) is 2.82. The molecule has 1 N–H and O–H groups in total. The molecule has 92 valence electrons. The largest absolute Gasteiger partial charge is 0.508 e. The molecule has 0 spiro atoms. The van der Waals surface area contributed by atoms with Gasteiger partial charge in [-0.25, -0.2) is 0 Å². The van der Waals surface area contributed by atoms with E-state index in [1.54, 1.807) is 29.2 Å². The molecule has 0 aliphatic heterocycles. The Morgan fingerprint density at radius 2 is 2.12 bits per heavy atom. The van der Waals surface area contributed by atoms with E-state index in [9.17, 15) is 9.90 Å². The summed E-state index contributed by atoms with van der Waals surface area (Å²) in [6.07, 6.45) is 1.70. The van der Waals surface area contributed by atoms with Crippen LogP contribution in [0.1, 0.15) is 31.1 Å². The molecule has 1 aromatic rings. The molecule has 0 fully saturated rings. The van der Waals surface area contributed by atoms with Crippen LogP contribution in [-0.4, -0.2) is 28.0 Å². The third-order valence-electron chi connectivity index (χ3n) is 2.46. The zero-order valence-electron chi connectivity index (χ0n) is 10.6. The van der Waals surface area contributed by atoms with Gasteiger partial charge < -0.3 is 10.0 Å². The summed E-state index contributed by atoms with van der Waals surface area (Å²) in [5.74, 6) is -0.00314. The lowest BCUT2D eigenvalue weighted by Gasteiger charge is -2.35. The fourth-order valence-corrected chi connectivity index (χ4v) is 1.59. The summed E-state index contributed by atoms with van der Waals surface area (Å²) in [4.78, 5) is 14.0. The Kier molecular flexibility index (Phi) is 3.94. The molecule has 3 nitrogen and oxygen atoms in total. The van der Waals surface area contributed by atoms with Gasteiger partial charge in [0.15, 0.2) is 0 Å². The first kappa shape index (κ1) is 13.3. The van der Waals surface area contributed by atoms with E-state index in [1.807, 2.05) is 20.8 Å². The standard InChI is InChI=1S/C14H19NO2/c1-5-9-15(14(2,3)4)13(17)11-7-6-8-12(16)10-11/h5-8,10,16H,1,9H2,2-4H3. The molecule has 0 unspecified atom stereocenters. The summed E-state index contributed by atoms with van der Waals surface area (Å²) < 4.78 is 0. The summed E-state index contributed by atoms with van der Waals surface area (Å²) >= 11 is 0. The number of phenolic OH excluding ortho intramolecular Hbond substituents is 1. The normalized spacial score (nSPS) is 11.0. The van der Waals surface area contributed by atoms with Crippen LogP contribution in [0.15, 0.2) is 36.9 Å². The van der Waals surface area contributed by atoms with Gasteiger partial charge in [0.1, 0.15) is 5.75 Å². The lowest BCUT2D eigenvalue weighted by molar-refractivity contribution is 0.0616. The molecule has 17 heavy (non-hydrogen) atoms. The van der Waals surface area contributed by atoms with Crippen LogP contribution in [0.3, 0.4) is 0 Å². The number of benzene rings is 1. The van der Waals surface area contributed by atoms with Crippen LogP contribution in [0.2, 0.25) is 0 Å². The number of carbonyl (C=O) groups is 1. The first-order valence-corrected chi connectivity index (χ1v) is 5.58. The van der Waals surface area contributed by atoms with E-state index in [-0.39, 0.29) is 17.2 Å². The summed E-state index contributed by atoms with van der Waals surface area (Å²) in [6, 6.07) is 6.39. The molecule has 0 heterocycles. The molecule has 0 aliphatic carbocycles. The Morgan fingerprint density at radius 3 is 2.59 bits per heavy atom.